The minimum Gasteiger partial charge on any atom is -0.391 e. The second-order valence-electron chi connectivity index (χ2n) is 3.90. The van der Waals surface area contributed by atoms with Gasteiger partial charge in [-0.15, -0.1) is 5.10 Å². The van der Waals surface area contributed by atoms with Crippen LogP contribution in [-0.2, 0) is 7.05 Å². The summed E-state index contributed by atoms with van der Waals surface area (Å²) in [6.45, 7) is 4.59. The highest BCUT2D eigenvalue weighted by atomic mass is 32.2. The Kier molecular flexibility index (Phi) is 5.04. The largest absolute Gasteiger partial charge is 0.391 e. The normalized spacial score (nSPS) is 13.3. The predicted molar refractivity (Wildman–Crippen MR) is 63.7 cm³/mol. The third-order valence-corrected chi connectivity index (χ3v) is 3.18. The molecular weight excluding hydrogens is 228 g/mol. The minimum atomic E-state index is -0.445. The van der Waals surface area contributed by atoms with Gasteiger partial charge in [-0.05, 0) is 0 Å². The summed E-state index contributed by atoms with van der Waals surface area (Å²) in [4.78, 5) is 11.1. The van der Waals surface area contributed by atoms with Gasteiger partial charge in [0.15, 0.2) is 5.16 Å². The zero-order chi connectivity index (χ0) is 12.1. The van der Waals surface area contributed by atoms with E-state index in [4.69, 9.17) is 0 Å². The molecule has 1 rings (SSSR count). The number of nitrogens with zero attached hydrogens (tertiary/aromatic N) is 2. The first kappa shape index (κ1) is 13.3. The summed E-state index contributed by atoms with van der Waals surface area (Å²) in [6.07, 6.45) is -0.445. The number of hydrogen-bond acceptors (Lipinski definition) is 5. The molecule has 0 amide bonds. The standard InChI is InChI=1S/C9H18N4O2S/c1-6(2)10-4-7(14)5-16-9-12-11-8(15)13(9)3/h6-7,10,14H,4-5H2,1-3H3,(H,11,15). The molecule has 92 valence electrons. The predicted octanol–water partition coefficient (Wildman–Crippen LogP) is -0.441. The van der Waals surface area contributed by atoms with Gasteiger partial charge in [0.25, 0.3) is 0 Å². The van der Waals surface area contributed by atoms with Crippen LogP contribution in [0.2, 0.25) is 0 Å². The lowest BCUT2D eigenvalue weighted by Crippen LogP contribution is -2.33. The van der Waals surface area contributed by atoms with E-state index in [-0.39, 0.29) is 5.69 Å². The molecule has 0 spiro atoms. The molecule has 0 aromatic carbocycles. The minimum absolute atomic E-state index is 0.239. The van der Waals surface area contributed by atoms with Crippen LogP contribution in [0.3, 0.4) is 0 Å². The Hall–Kier alpha value is -0.790. The Morgan fingerprint density at radius 3 is 2.81 bits per heavy atom. The van der Waals surface area contributed by atoms with E-state index in [0.29, 0.717) is 23.5 Å². The summed E-state index contributed by atoms with van der Waals surface area (Å²) in [5.41, 5.74) is -0.239. The fourth-order valence-electron chi connectivity index (χ4n) is 1.06. The van der Waals surface area contributed by atoms with Gasteiger partial charge in [0.05, 0.1) is 6.10 Å². The number of nitrogens with one attached hydrogen (secondary N) is 2. The van der Waals surface area contributed by atoms with Crippen molar-refractivity contribution in [3.8, 4) is 0 Å². The number of thioether (sulfide) groups is 1. The number of aromatic nitrogens is 3. The number of aromatic amines is 1. The van der Waals surface area contributed by atoms with Crippen molar-refractivity contribution < 1.29 is 5.11 Å². The molecule has 0 fully saturated rings. The SMILES string of the molecule is CC(C)NCC(O)CSc1n[nH]c(=O)n1C. The molecule has 1 heterocycles. The summed E-state index contributed by atoms with van der Waals surface area (Å²) >= 11 is 1.36. The number of rotatable bonds is 6. The van der Waals surface area contributed by atoms with Crippen LogP contribution in [0.25, 0.3) is 0 Å². The van der Waals surface area contributed by atoms with Gasteiger partial charge >= 0.3 is 5.69 Å². The summed E-state index contributed by atoms with van der Waals surface area (Å²) in [7, 11) is 1.65. The zero-order valence-corrected chi connectivity index (χ0v) is 10.5. The van der Waals surface area contributed by atoms with E-state index in [0.717, 1.165) is 0 Å². The number of H-pyrrole nitrogens is 1. The molecule has 1 unspecified atom stereocenters. The molecule has 0 aliphatic rings. The van der Waals surface area contributed by atoms with E-state index in [1.807, 2.05) is 13.8 Å². The van der Waals surface area contributed by atoms with Gasteiger partial charge in [-0.1, -0.05) is 25.6 Å². The third-order valence-electron chi connectivity index (χ3n) is 2.01. The maximum atomic E-state index is 11.1. The first-order chi connectivity index (χ1) is 7.50. The fourth-order valence-corrected chi connectivity index (χ4v) is 1.91. The lowest BCUT2D eigenvalue weighted by molar-refractivity contribution is 0.192. The molecular formula is C9H18N4O2S. The number of hydrogen-bond donors (Lipinski definition) is 3. The van der Waals surface area contributed by atoms with Crippen LogP contribution in [0, 0.1) is 0 Å². The molecule has 1 aromatic rings. The molecule has 1 atom stereocenters. The van der Waals surface area contributed by atoms with Crippen molar-refractivity contribution in [2.75, 3.05) is 12.3 Å². The molecule has 6 nitrogen and oxygen atoms in total. The summed E-state index contributed by atoms with van der Waals surface area (Å²) in [5, 5.41) is 19.6. The van der Waals surface area contributed by atoms with Crippen molar-refractivity contribution >= 4 is 11.8 Å². The van der Waals surface area contributed by atoms with Crippen molar-refractivity contribution in [2.45, 2.75) is 31.1 Å². The lowest BCUT2D eigenvalue weighted by atomic mass is 10.3. The molecule has 0 radical (unpaired) electrons. The Morgan fingerprint density at radius 1 is 1.62 bits per heavy atom. The maximum absolute atomic E-state index is 11.1. The Bertz CT molecular complexity index is 374. The van der Waals surface area contributed by atoms with Crippen molar-refractivity contribution in [1.82, 2.24) is 20.1 Å². The summed E-state index contributed by atoms with van der Waals surface area (Å²) < 4.78 is 1.42. The highest BCUT2D eigenvalue weighted by Gasteiger charge is 2.09. The molecule has 1 aromatic heterocycles. The highest BCUT2D eigenvalue weighted by molar-refractivity contribution is 7.99. The first-order valence-corrected chi connectivity index (χ1v) is 6.15. The van der Waals surface area contributed by atoms with Crippen LogP contribution in [0.5, 0.6) is 0 Å². The van der Waals surface area contributed by atoms with E-state index in [1.165, 1.54) is 16.3 Å². The van der Waals surface area contributed by atoms with Crippen LogP contribution < -0.4 is 11.0 Å². The average molecular weight is 246 g/mol. The molecule has 3 N–H and O–H groups in total. The van der Waals surface area contributed by atoms with Gasteiger partial charge in [-0.3, -0.25) is 4.57 Å². The number of aliphatic hydroxyl groups excluding tert-OH is 1. The average Bonchev–Trinajstić information content (AvgIpc) is 2.54. The van der Waals surface area contributed by atoms with Gasteiger partial charge < -0.3 is 10.4 Å². The van der Waals surface area contributed by atoms with Gasteiger partial charge in [0.1, 0.15) is 0 Å². The molecule has 0 saturated heterocycles. The molecule has 16 heavy (non-hydrogen) atoms. The van der Waals surface area contributed by atoms with E-state index in [2.05, 4.69) is 15.5 Å². The topological polar surface area (TPSA) is 82.9 Å². The van der Waals surface area contributed by atoms with Crippen LogP contribution in [0.1, 0.15) is 13.8 Å². The quantitative estimate of drug-likeness (QED) is 0.593. The van der Waals surface area contributed by atoms with E-state index in [1.54, 1.807) is 7.05 Å². The number of aliphatic hydroxyl groups is 1. The van der Waals surface area contributed by atoms with Crippen molar-refractivity contribution in [3.05, 3.63) is 10.5 Å². The van der Waals surface area contributed by atoms with Crippen molar-refractivity contribution in [1.29, 1.82) is 0 Å². The smallest absolute Gasteiger partial charge is 0.343 e. The summed E-state index contributed by atoms with van der Waals surface area (Å²) in [5.74, 6) is 0.512. The van der Waals surface area contributed by atoms with E-state index >= 15 is 0 Å². The molecule has 0 bridgehead atoms. The van der Waals surface area contributed by atoms with Crippen LogP contribution in [0.15, 0.2) is 9.95 Å². The summed E-state index contributed by atoms with van der Waals surface area (Å²) in [6, 6.07) is 0.356. The van der Waals surface area contributed by atoms with E-state index < -0.39 is 6.10 Å². The Morgan fingerprint density at radius 2 is 2.31 bits per heavy atom. The highest BCUT2D eigenvalue weighted by Crippen LogP contribution is 2.12. The van der Waals surface area contributed by atoms with Crippen LogP contribution in [0.4, 0.5) is 0 Å². The first-order valence-electron chi connectivity index (χ1n) is 5.16. The molecule has 0 saturated carbocycles. The Labute approximate surface area is 98.4 Å². The second-order valence-corrected chi connectivity index (χ2v) is 4.89. The van der Waals surface area contributed by atoms with Crippen LogP contribution in [-0.4, -0.2) is 44.3 Å². The monoisotopic (exact) mass is 246 g/mol. The van der Waals surface area contributed by atoms with E-state index in [9.17, 15) is 9.90 Å². The molecule has 0 aliphatic heterocycles. The van der Waals surface area contributed by atoms with Gasteiger partial charge in [0.2, 0.25) is 0 Å². The maximum Gasteiger partial charge on any atom is 0.343 e. The second kappa shape index (κ2) is 6.07. The Balaban J connectivity index is 2.34. The van der Waals surface area contributed by atoms with Gasteiger partial charge in [0, 0.05) is 25.4 Å². The van der Waals surface area contributed by atoms with Crippen molar-refractivity contribution in [3.63, 3.8) is 0 Å². The van der Waals surface area contributed by atoms with Gasteiger partial charge in [-0.25, -0.2) is 9.89 Å². The fraction of sp³-hybridized carbons (Fsp3) is 0.778. The zero-order valence-electron chi connectivity index (χ0n) is 9.73. The molecule has 7 heteroatoms. The van der Waals surface area contributed by atoms with Crippen molar-refractivity contribution in [2.24, 2.45) is 7.05 Å². The third kappa shape index (κ3) is 3.99. The molecule has 0 aliphatic carbocycles. The lowest BCUT2D eigenvalue weighted by Gasteiger charge is -2.13. The van der Waals surface area contributed by atoms with Crippen LogP contribution >= 0.6 is 11.8 Å². The van der Waals surface area contributed by atoms with Gasteiger partial charge in [-0.2, -0.15) is 0 Å².